The van der Waals surface area contributed by atoms with E-state index in [4.69, 9.17) is 31.7 Å². The van der Waals surface area contributed by atoms with Crippen molar-refractivity contribution >= 4 is 29.0 Å². The van der Waals surface area contributed by atoms with E-state index in [9.17, 15) is 4.79 Å². The van der Waals surface area contributed by atoms with Gasteiger partial charge in [0.2, 0.25) is 0 Å². The summed E-state index contributed by atoms with van der Waals surface area (Å²) in [7, 11) is 3.13. The molecule has 3 rings (SSSR count). The lowest BCUT2D eigenvalue weighted by Crippen LogP contribution is -2.48. The highest BCUT2D eigenvalue weighted by Gasteiger charge is 2.26. The van der Waals surface area contributed by atoms with E-state index in [2.05, 4.69) is 30.6 Å². The number of nitrogens with zero attached hydrogens (tertiary/aromatic N) is 6. The van der Waals surface area contributed by atoms with Crippen LogP contribution in [0.4, 0.5) is 11.5 Å². The Kier molecular flexibility index (Phi) is 5.56. The normalized spacial score (nSPS) is 11.2. The standard InChI is InChI=1S/C15H15ClN8O5/c1-24-6-18-12(23-24)7-3-4-17-13(11(7)29-2)19-8-5-9(16)21-22-10(8)14(25)20-15(26,27)28/h3-6,26-28H,1-2H3,(H,20,25)(H,17,19,21). The van der Waals surface area contributed by atoms with Crippen molar-refractivity contribution in [2.75, 3.05) is 12.4 Å². The fraction of sp³-hybridized carbons (Fsp3) is 0.200. The minimum atomic E-state index is -3.45. The molecule has 0 radical (unpaired) electrons. The molecule has 0 bridgehead atoms. The third-order valence-electron chi connectivity index (χ3n) is 3.46. The zero-order chi connectivity index (χ0) is 21.2. The van der Waals surface area contributed by atoms with Gasteiger partial charge in [0.1, 0.15) is 6.33 Å². The van der Waals surface area contributed by atoms with Gasteiger partial charge >= 0.3 is 6.10 Å². The van der Waals surface area contributed by atoms with Crippen molar-refractivity contribution in [3.63, 3.8) is 0 Å². The summed E-state index contributed by atoms with van der Waals surface area (Å²) < 4.78 is 6.94. The number of hydrogen-bond donors (Lipinski definition) is 5. The van der Waals surface area contributed by atoms with Crippen molar-refractivity contribution in [2.24, 2.45) is 7.05 Å². The summed E-state index contributed by atoms with van der Waals surface area (Å²) >= 11 is 5.86. The van der Waals surface area contributed by atoms with E-state index in [0.29, 0.717) is 11.4 Å². The van der Waals surface area contributed by atoms with Crippen molar-refractivity contribution in [2.45, 2.75) is 6.10 Å². The Hall–Kier alpha value is -3.39. The largest absolute Gasteiger partial charge is 0.492 e. The minimum Gasteiger partial charge on any atom is -0.492 e. The first-order valence-corrected chi connectivity index (χ1v) is 8.24. The van der Waals surface area contributed by atoms with E-state index >= 15 is 0 Å². The second kappa shape index (κ2) is 7.92. The molecule has 0 atom stereocenters. The summed E-state index contributed by atoms with van der Waals surface area (Å²) in [6, 6.07) is 2.90. The van der Waals surface area contributed by atoms with E-state index < -0.39 is 17.7 Å². The molecule has 1 amide bonds. The number of aromatic nitrogens is 6. The fourth-order valence-corrected chi connectivity index (χ4v) is 2.50. The van der Waals surface area contributed by atoms with Crippen LogP contribution in [0.1, 0.15) is 10.5 Å². The number of carbonyl (C=O) groups is 1. The average molecular weight is 423 g/mol. The first kappa shape index (κ1) is 20.3. The lowest BCUT2D eigenvalue weighted by molar-refractivity contribution is -0.323. The van der Waals surface area contributed by atoms with Crippen molar-refractivity contribution in [1.29, 1.82) is 0 Å². The van der Waals surface area contributed by atoms with Gasteiger partial charge in [-0.2, -0.15) is 5.10 Å². The molecule has 5 N–H and O–H groups in total. The SMILES string of the molecule is COc1c(-c2ncn(C)n2)ccnc1Nc1cc(Cl)nnc1C(=O)NC(O)(O)O. The Balaban J connectivity index is 2.02. The van der Waals surface area contributed by atoms with Crippen LogP contribution in [0.5, 0.6) is 5.75 Å². The fourth-order valence-electron chi connectivity index (χ4n) is 2.35. The molecule has 3 aromatic heterocycles. The Morgan fingerprint density at radius 3 is 2.66 bits per heavy atom. The number of amides is 1. The number of rotatable bonds is 6. The summed E-state index contributed by atoms with van der Waals surface area (Å²) in [5.74, 6) is -0.340. The molecule has 14 heteroatoms. The Morgan fingerprint density at radius 2 is 2.03 bits per heavy atom. The number of halogens is 1. The maximum atomic E-state index is 12.2. The second-order valence-electron chi connectivity index (χ2n) is 5.63. The first-order chi connectivity index (χ1) is 13.7. The number of carbonyl (C=O) groups excluding carboxylic acids is 1. The number of aliphatic hydroxyl groups is 3. The van der Waals surface area contributed by atoms with Crippen molar-refractivity contribution in [1.82, 2.24) is 35.3 Å². The molecule has 3 aromatic rings. The van der Waals surface area contributed by atoms with Crippen LogP contribution in [0, 0.1) is 0 Å². The third kappa shape index (κ3) is 4.72. The highest BCUT2D eigenvalue weighted by atomic mass is 35.5. The van der Waals surface area contributed by atoms with E-state index in [1.807, 2.05) is 0 Å². The molecule has 0 unspecified atom stereocenters. The highest BCUT2D eigenvalue weighted by molar-refractivity contribution is 6.29. The summed E-state index contributed by atoms with van der Waals surface area (Å²) in [4.78, 5) is 20.5. The summed E-state index contributed by atoms with van der Waals surface area (Å²) in [6.45, 7) is 0. The van der Waals surface area contributed by atoms with Gasteiger partial charge in [0, 0.05) is 19.3 Å². The predicted octanol–water partition coefficient (Wildman–Crippen LogP) is -0.609. The Bertz CT molecular complexity index is 1050. The number of ether oxygens (including phenoxy) is 1. The van der Waals surface area contributed by atoms with Gasteiger partial charge in [0.25, 0.3) is 5.91 Å². The molecule has 0 aliphatic carbocycles. The molecule has 13 nitrogen and oxygen atoms in total. The number of hydrogen-bond acceptors (Lipinski definition) is 11. The molecule has 0 spiro atoms. The van der Waals surface area contributed by atoms with Gasteiger partial charge in [0.05, 0.1) is 18.4 Å². The third-order valence-corrected chi connectivity index (χ3v) is 3.65. The van der Waals surface area contributed by atoms with Crippen LogP contribution in [0.3, 0.4) is 0 Å². The number of anilines is 2. The van der Waals surface area contributed by atoms with Crippen LogP contribution in [-0.4, -0.2) is 64.4 Å². The van der Waals surface area contributed by atoms with Crippen LogP contribution >= 0.6 is 11.6 Å². The summed E-state index contributed by atoms with van der Waals surface area (Å²) in [5, 5.41) is 42.6. The first-order valence-electron chi connectivity index (χ1n) is 7.87. The molecule has 0 aliphatic heterocycles. The monoisotopic (exact) mass is 422 g/mol. The lowest BCUT2D eigenvalue weighted by atomic mass is 10.2. The Morgan fingerprint density at radius 1 is 1.28 bits per heavy atom. The zero-order valence-electron chi connectivity index (χ0n) is 15.0. The molecule has 3 heterocycles. The van der Waals surface area contributed by atoms with Crippen LogP contribution in [0.25, 0.3) is 11.4 Å². The van der Waals surface area contributed by atoms with Gasteiger partial charge in [-0.05, 0) is 6.07 Å². The zero-order valence-corrected chi connectivity index (χ0v) is 15.8. The van der Waals surface area contributed by atoms with Gasteiger partial charge in [0.15, 0.2) is 28.2 Å². The number of nitrogens with one attached hydrogen (secondary N) is 2. The molecule has 0 saturated heterocycles. The topological polar surface area (TPSA) is 180 Å². The molecule has 0 fully saturated rings. The highest BCUT2D eigenvalue weighted by Crippen LogP contribution is 2.35. The lowest BCUT2D eigenvalue weighted by Gasteiger charge is -2.17. The van der Waals surface area contributed by atoms with Gasteiger partial charge in [-0.3, -0.25) is 14.8 Å². The minimum absolute atomic E-state index is 0.00341. The van der Waals surface area contributed by atoms with Crippen molar-refractivity contribution in [3.8, 4) is 17.1 Å². The summed E-state index contributed by atoms with van der Waals surface area (Å²) in [5.41, 5.74) is 0.120. The molecular weight excluding hydrogens is 408 g/mol. The van der Waals surface area contributed by atoms with E-state index in [-0.39, 0.29) is 22.4 Å². The smallest absolute Gasteiger partial charge is 0.369 e. The molecule has 0 saturated carbocycles. The van der Waals surface area contributed by atoms with E-state index in [0.717, 1.165) is 0 Å². The molecule has 29 heavy (non-hydrogen) atoms. The molecular formula is C15H15ClN8O5. The maximum absolute atomic E-state index is 12.2. The van der Waals surface area contributed by atoms with Gasteiger partial charge in [-0.1, -0.05) is 11.6 Å². The van der Waals surface area contributed by atoms with Gasteiger partial charge in [-0.15, -0.1) is 10.2 Å². The van der Waals surface area contributed by atoms with Crippen LogP contribution < -0.4 is 15.4 Å². The number of pyridine rings is 1. The number of methoxy groups -OCH3 is 1. The Labute approximate surface area is 168 Å². The molecule has 0 aliphatic rings. The quantitative estimate of drug-likeness (QED) is 0.319. The summed E-state index contributed by atoms with van der Waals surface area (Å²) in [6.07, 6.45) is -0.467. The van der Waals surface area contributed by atoms with E-state index in [1.54, 1.807) is 13.1 Å². The van der Waals surface area contributed by atoms with E-state index in [1.165, 1.54) is 35.7 Å². The van der Waals surface area contributed by atoms with Crippen molar-refractivity contribution < 1.29 is 24.9 Å². The van der Waals surface area contributed by atoms with Crippen molar-refractivity contribution in [3.05, 3.63) is 35.5 Å². The van der Waals surface area contributed by atoms with Gasteiger partial charge in [-0.25, -0.2) is 9.97 Å². The average Bonchev–Trinajstić information content (AvgIpc) is 3.06. The van der Waals surface area contributed by atoms with Crippen LogP contribution in [0.2, 0.25) is 5.15 Å². The van der Waals surface area contributed by atoms with Gasteiger partial charge < -0.3 is 25.4 Å². The van der Waals surface area contributed by atoms with Crippen LogP contribution in [-0.2, 0) is 7.05 Å². The maximum Gasteiger partial charge on any atom is 0.369 e. The molecule has 0 aromatic carbocycles. The van der Waals surface area contributed by atoms with Crippen LogP contribution in [0.15, 0.2) is 24.7 Å². The number of aryl methyl sites for hydroxylation is 1. The predicted molar refractivity (Wildman–Crippen MR) is 98.0 cm³/mol. The second-order valence-corrected chi connectivity index (χ2v) is 6.01. The molecule has 152 valence electrons.